The van der Waals surface area contributed by atoms with Gasteiger partial charge in [0.05, 0.1) is 19.8 Å². The van der Waals surface area contributed by atoms with Crippen LogP contribution >= 0.6 is 0 Å². The predicted octanol–water partition coefficient (Wildman–Crippen LogP) is -0.916. The molecule has 25 heavy (non-hydrogen) atoms. The van der Waals surface area contributed by atoms with E-state index in [-0.39, 0.29) is 12.2 Å². The minimum atomic E-state index is -1.42. The molecule has 0 aromatic heterocycles. The van der Waals surface area contributed by atoms with E-state index in [0.717, 1.165) is 12.8 Å². The fourth-order valence-corrected chi connectivity index (χ4v) is 4.56. The SMILES string of the molecule is COC1OCC(COC2OC(CO)C(O)C(O)C2O)C2CCC(C)C12. The van der Waals surface area contributed by atoms with Crippen LogP contribution in [0.2, 0.25) is 0 Å². The van der Waals surface area contributed by atoms with E-state index in [1.165, 1.54) is 0 Å². The Bertz CT molecular complexity index is 433. The molecule has 8 heteroatoms. The standard InChI is InChI=1S/C17H30O8/c1-8-3-4-10-9(6-23-16(22-2)12(8)10)7-24-17-15(21)14(20)13(19)11(5-18)25-17/h8-21H,3-7H2,1-2H3. The van der Waals surface area contributed by atoms with Crippen LogP contribution in [-0.2, 0) is 18.9 Å². The van der Waals surface area contributed by atoms with Crippen molar-refractivity contribution < 1.29 is 39.4 Å². The van der Waals surface area contributed by atoms with Gasteiger partial charge in [0.2, 0.25) is 0 Å². The normalized spacial score (nSPS) is 50.6. The third-order valence-corrected chi connectivity index (χ3v) is 6.06. The van der Waals surface area contributed by atoms with Crippen LogP contribution in [0.4, 0.5) is 0 Å². The largest absolute Gasteiger partial charge is 0.394 e. The van der Waals surface area contributed by atoms with E-state index in [9.17, 15) is 20.4 Å². The molecule has 10 unspecified atom stereocenters. The molecular formula is C17H30O8. The lowest BCUT2D eigenvalue weighted by Gasteiger charge is -2.42. The monoisotopic (exact) mass is 362 g/mol. The maximum Gasteiger partial charge on any atom is 0.186 e. The summed E-state index contributed by atoms with van der Waals surface area (Å²) in [7, 11) is 1.66. The van der Waals surface area contributed by atoms with E-state index in [4.69, 9.17) is 18.9 Å². The third-order valence-electron chi connectivity index (χ3n) is 6.06. The average Bonchev–Trinajstić information content (AvgIpc) is 3.01. The van der Waals surface area contributed by atoms with Gasteiger partial charge < -0.3 is 39.4 Å². The number of hydrogen-bond acceptors (Lipinski definition) is 8. The predicted molar refractivity (Wildman–Crippen MR) is 85.3 cm³/mol. The first kappa shape index (κ1) is 19.4. The van der Waals surface area contributed by atoms with Gasteiger partial charge in [0, 0.05) is 18.9 Å². The van der Waals surface area contributed by atoms with Crippen LogP contribution in [-0.4, -0.2) is 84.4 Å². The van der Waals surface area contributed by atoms with Crippen LogP contribution < -0.4 is 0 Å². The number of aliphatic hydroxyl groups is 4. The maximum atomic E-state index is 10.1. The number of hydrogen-bond donors (Lipinski definition) is 4. The van der Waals surface area contributed by atoms with Crippen molar-refractivity contribution in [1.29, 1.82) is 0 Å². The average molecular weight is 362 g/mol. The van der Waals surface area contributed by atoms with Crippen molar-refractivity contribution in [2.75, 3.05) is 26.9 Å². The molecule has 2 heterocycles. The van der Waals surface area contributed by atoms with Crippen LogP contribution in [0, 0.1) is 23.7 Å². The van der Waals surface area contributed by atoms with Gasteiger partial charge in [-0.3, -0.25) is 0 Å². The Morgan fingerprint density at radius 1 is 1.04 bits per heavy atom. The van der Waals surface area contributed by atoms with Gasteiger partial charge in [-0.15, -0.1) is 0 Å². The second kappa shape index (κ2) is 8.14. The molecule has 146 valence electrons. The molecule has 8 nitrogen and oxygen atoms in total. The van der Waals surface area contributed by atoms with Crippen LogP contribution in [0.3, 0.4) is 0 Å². The molecular weight excluding hydrogens is 332 g/mol. The van der Waals surface area contributed by atoms with Gasteiger partial charge in [-0.1, -0.05) is 6.92 Å². The van der Waals surface area contributed by atoms with Gasteiger partial charge in [-0.25, -0.2) is 0 Å². The van der Waals surface area contributed by atoms with E-state index in [0.29, 0.717) is 31.0 Å². The Morgan fingerprint density at radius 3 is 2.48 bits per heavy atom. The summed E-state index contributed by atoms with van der Waals surface area (Å²) < 4.78 is 22.4. The van der Waals surface area contributed by atoms with E-state index in [1.54, 1.807) is 7.11 Å². The number of rotatable bonds is 5. The second-order valence-electron chi connectivity index (χ2n) is 7.52. The molecule has 1 saturated carbocycles. The van der Waals surface area contributed by atoms with Crippen molar-refractivity contribution in [2.24, 2.45) is 23.7 Å². The summed E-state index contributed by atoms with van der Waals surface area (Å²) in [6.07, 6.45) is -4.20. The van der Waals surface area contributed by atoms with Crippen LogP contribution in [0.15, 0.2) is 0 Å². The molecule has 2 saturated heterocycles. The van der Waals surface area contributed by atoms with Crippen molar-refractivity contribution in [3.8, 4) is 0 Å². The minimum Gasteiger partial charge on any atom is -0.394 e. The maximum absolute atomic E-state index is 10.1. The third kappa shape index (κ3) is 3.72. The smallest absolute Gasteiger partial charge is 0.186 e. The zero-order valence-electron chi connectivity index (χ0n) is 14.7. The van der Waals surface area contributed by atoms with Crippen molar-refractivity contribution >= 4 is 0 Å². The number of aliphatic hydroxyl groups excluding tert-OH is 4. The van der Waals surface area contributed by atoms with Crippen LogP contribution in [0.25, 0.3) is 0 Å². The molecule has 0 aromatic rings. The van der Waals surface area contributed by atoms with E-state index in [1.807, 2.05) is 0 Å². The Kier molecular flexibility index (Phi) is 6.33. The molecule has 1 aliphatic carbocycles. The highest BCUT2D eigenvalue weighted by atomic mass is 16.7. The molecule has 0 bridgehead atoms. The first-order chi connectivity index (χ1) is 12.0. The molecule has 2 aliphatic heterocycles. The van der Waals surface area contributed by atoms with Gasteiger partial charge in [-0.2, -0.15) is 0 Å². The van der Waals surface area contributed by atoms with Crippen LogP contribution in [0.5, 0.6) is 0 Å². The molecule has 0 amide bonds. The summed E-state index contributed by atoms with van der Waals surface area (Å²) in [5.41, 5.74) is 0. The lowest BCUT2D eigenvalue weighted by molar-refractivity contribution is -0.308. The lowest BCUT2D eigenvalue weighted by Crippen LogP contribution is -2.59. The second-order valence-corrected chi connectivity index (χ2v) is 7.52. The number of methoxy groups -OCH3 is 1. The van der Waals surface area contributed by atoms with Crippen LogP contribution in [0.1, 0.15) is 19.8 Å². The highest BCUT2D eigenvalue weighted by Gasteiger charge is 2.48. The van der Waals surface area contributed by atoms with Crippen molar-refractivity contribution in [3.05, 3.63) is 0 Å². The zero-order valence-corrected chi connectivity index (χ0v) is 14.7. The molecule has 3 rings (SSSR count). The summed E-state index contributed by atoms with van der Waals surface area (Å²) in [5, 5.41) is 39.0. The summed E-state index contributed by atoms with van der Waals surface area (Å²) in [4.78, 5) is 0. The summed E-state index contributed by atoms with van der Waals surface area (Å²) in [6.45, 7) is 2.56. The fraction of sp³-hybridized carbons (Fsp3) is 1.00. The molecule has 4 N–H and O–H groups in total. The van der Waals surface area contributed by atoms with E-state index < -0.39 is 37.3 Å². The quantitative estimate of drug-likeness (QED) is 0.496. The summed E-state index contributed by atoms with van der Waals surface area (Å²) in [6, 6.07) is 0. The van der Waals surface area contributed by atoms with Crippen molar-refractivity contribution in [3.63, 3.8) is 0 Å². The van der Waals surface area contributed by atoms with Crippen molar-refractivity contribution in [1.82, 2.24) is 0 Å². The van der Waals surface area contributed by atoms with Crippen molar-refractivity contribution in [2.45, 2.75) is 56.8 Å². The van der Waals surface area contributed by atoms with Gasteiger partial charge in [0.25, 0.3) is 0 Å². The molecule has 0 aromatic carbocycles. The minimum absolute atomic E-state index is 0.147. The highest BCUT2D eigenvalue weighted by molar-refractivity contribution is 4.92. The topological polar surface area (TPSA) is 118 Å². The van der Waals surface area contributed by atoms with E-state index >= 15 is 0 Å². The highest BCUT2D eigenvalue weighted by Crippen LogP contribution is 2.47. The summed E-state index contributed by atoms with van der Waals surface area (Å²) >= 11 is 0. The zero-order chi connectivity index (χ0) is 18.1. The lowest BCUT2D eigenvalue weighted by atomic mass is 9.79. The first-order valence-corrected chi connectivity index (χ1v) is 9.04. The molecule has 3 fully saturated rings. The van der Waals surface area contributed by atoms with Gasteiger partial charge in [0.15, 0.2) is 12.6 Å². The Hall–Kier alpha value is -0.320. The fourth-order valence-electron chi connectivity index (χ4n) is 4.56. The van der Waals surface area contributed by atoms with Gasteiger partial charge in [0.1, 0.15) is 24.4 Å². The number of fused-ring (bicyclic) bond motifs is 1. The Morgan fingerprint density at radius 2 is 1.80 bits per heavy atom. The first-order valence-electron chi connectivity index (χ1n) is 9.04. The molecule has 0 spiro atoms. The Labute approximate surface area is 147 Å². The summed E-state index contributed by atoms with van der Waals surface area (Å²) in [5.74, 6) is 1.40. The Balaban J connectivity index is 1.59. The molecule has 0 radical (unpaired) electrons. The van der Waals surface area contributed by atoms with E-state index in [2.05, 4.69) is 6.92 Å². The van der Waals surface area contributed by atoms with Gasteiger partial charge >= 0.3 is 0 Å². The molecule has 3 aliphatic rings. The molecule has 10 atom stereocenters. The van der Waals surface area contributed by atoms with Gasteiger partial charge in [-0.05, 0) is 24.7 Å². The number of ether oxygens (including phenoxy) is 4.